The zero-order chi connectivity index (χ0) is 22.8. The van der Waals surface area contributed by atoms with Gasteiger partial charge in [-0.05, 0) is 49.1 Å². The van der Waals surface area contributed by atoms with E-state index in [9.17, 15) is 9.59 Å². The molecule has 0 bridgehead atoms. The molecule has 8 nitrogen and oxygen atoms in total. The van der Waals surface area contributed by atoms with Gasteiger partial charge < -0.3 is 15.0 Å². The number of benzene rings is 1. The van der Waals surface area contributed by atoms with Gasteiger partial charge in [0.2, 0.25) is 0 Å². The highest BCUT2D eigenvalue weighted by atomic mass is 16.5. The number of hydrogen-bond donors (Lipinski definition) is 1. The molecule has 1 aliphatic heterocycles. The number of hydrogen-bond acceptors (Lipinski definition) is 5. The van der Waals surface area contributed by atoms with Crippen molar-refractivity contribution in [2.45, 2.75) is 44.8 Å². The van der Waals surface area contributed by atoms with Crippen molar-refractivity contribution in [3.8, 4) is 5.75 Å². The molecule has 0 radical (unpaired) electrons. The van der Waals surface area contributed by atoms with Crippen molar-refractivity contribution >= 4 is 11.8 Å². The Labute approximate surface area is 192 Å². The highest BCUT2D eigenvalue weighted by Gasteiger charge is 2.32. The van der Waals surface area contributed by atoms with Crippen LogP contribution in [0.1, 0.15) is 50.6 Å². The van der Waals surface area contributed by atoms with Crippen molar-refractivity contribution in [1.29, 1.82) is 0 Å². The van der Waals surface area contributed by atoms with Crippen LogP contribution in [-0.2, 0) is 25.9 Å². The van der Waals surface area contributed by atoms with Crippen LogP contribution in [0.2, 0.25) is 0 Å². The van der Waals surface area contributed by atoms with Crippen LogP contribution in [-0.4, -0.2) is 51.2 Å². The molecule has 8 heteroatoms. The molecule has 2 amide bonds. The maximum Gasteiger partial charge on any atom is 0.272 e. The Bertz CT molecular complexity index is 1150. The van der Waals surface area contributed by atoms with E-state index in [1.54, 1.807) is 36.4 Å². The minimum absolute atomic E-state index is 0.124. The average Bonchev–Trinajstić information content (AvgIpc) is 3.60. The summed E-state index contributed by atoms with van der Waals surface area (Å²) in [5.41, 5.74) is 3.90. The first-order chi connectivity index (χ1) is 16.1. The standard InChI is InChI=1S/C25H27N5O3/c1-33-19-9-5-17(6-10-19)11-15-30-22-12-14-29(25(32)21-4-2-3-13-26-21)16-20(22)23(28-30)24(31)27-18-7-8-18/h2-6,9-10,13,18H,7-8,11-12,14-16H2,1H3,(H,27,31). The second-order valence-electron chi connectivity index (χ2n) is 8.53. The minimum atomic E-state index is -0.149. The molecule has 33 heavy (non-hydrogen) atoms. The van der Waals surface area contributed by atoms with E-state index < -0.39 is 0 Å². The topological polar surface area (TPSA) is 89.4 Å². The maximum atomic E-state index is 13.0. The molecule has 0 atom stereocenters. The number of fused-ring (bicyclic) bond motifs is 1. The lowest BCUT2D eigenvalue weighted by Crippen LogP contribution is -2.37. The number of amides is 2. The summed E-state index contributed by atoms with van der Waals surface area (Å²) < 4.78 is 7.18. The van der Waals surface area contributed by atoms with Crippen molar-refractivity contribution in [3.05, 3.63) is 76.9 Å². The smallest absolute Gasteiger partial charge is 0.272 e. The third kappa shape index (κ3) is 4.60. The van der Waals surface area contributed by atoms with Crippen LogP contribution in [0.3, 0.4) is 0 Å². The fourth-order valence-electron chi connectivity index (χ4n) is 4.19. The molecular weight excluding hydrogens is 418 g/mol. The zero-order valence-corrected chi connectivity index (χ0v) is 18.7. The van der Waals surface area contributed by atoms with Gasteiger partial charge in [0.1, 0.15) is 11.4 Å². The summed E-state index contributed by atoms with van der Waals surface area (Å²) >= 11 is 0. The van der Waals surface area contributed by atoms with Gasteiger partial charge in [-0.25, -0.2) is 0 Å². The zero-order valence-electron chi connectivity index (χ0n) is 18.7. The van der Waals surface area contributed by atoms with Crippen LogP contribution in [0.4, 0.5) is 0 Å². The number of carbonyl (C=O) groups excluding carboxylic acids is 2. The second-order valence-corrected chi connectivity index (χ2v) is 8.53. The van der Waals surface area contributed by atoms with Gasteiger partial charge in [0.15, 0.2) is 5.69 Å². The normalized spacial score (nSPS) is 15.1. The molecule has 0 unspecified atom stereocenters. The second kappa shape index (κ2) is 9.05. The number of nitrogens with zero attached hydrogens (tertiary/aromatic N) is 4. The molecule has 1 aromatic carbocycles. The van der Waals surface area contributed by atoms with Gasteiger partial charge in [0.05, 0.1) is 13.7 Å². The Kier molecular flexibility index (Phi) is 5.81. The molecule has 170 valence electrons. The average molecular weight is 446 g/mol. The van der Waals surface area contributed by atoms with Crippen LogP contribution < -0.4 is 10.1 Å². The fraction of sp³-hybridized carbons (Fsp3) is 0.360. The first kappa shape index (κ1) is 21.2. The first-order valence-electron chi connectivity index (χ1n) is 11.3. The number of nitrogens with one attached hydrogen (secondary N) is 1. The van der Waals surface area contributed by atoms with Crippen LogP contribution in [0.15, 0.2) is 48.7 Å². The highest BCUT2D eigenvalue weighted by Crippen LogP contribution is 2.26. The van der Waals surface area contributed by atoms with E-state index in [1.807, 2.05) is 28.9 Å². The third-order valence-corrected chi connectivity index (χ3v) is 6.20. The summed E-state index contributed by atoms with van der Waals surface area (Å²) in [5, 5.41) is 7.77. The predicted octanol–water partition coefficient (Wildman–Crippen LogP) is 2.62. The minimum Gasteiger partial charge on any atom is -0.497 e. The molecular formula is C25H27N5O3. The van der Waals surface area contributed by atoms with E-state index in [0.29, 0.717) is 37.4 Å². The fourth-order valence-corrected chi connectivity index (χ4v) is 4.19. The lowest BCUT2D eigenvalue weighted by atomic mass is 10.0. The van der Waals surface area contributed by atoms with Crippen molar-refractivity contribution in [2.75, 3.05) is 13.7 Å². The summed E-state index contributed by atoms with van der Waals surface area (Å²) in [4.78, 5) is 31.9. The molecule has 1 saturated carbocycles. The largest absolute Gasteiger partial charge is 0.497 e. The van der Waals surface area contributed by atoms with Crippen LogP contribution in [0.5, 0.6) is 5.75 Å². The van der Waals surface area contributed by atoms with Gasteiger partial charge in [-0.15, -0.1) is 0 Å². The predicted molar refractivity (Wildman–Crippen MR) is 122 cm³/mol. The van der Waals surface area contributed by atoms with Gasteiger partial charge in [-0.3, -0.25) is 19.3 Å². The Morgan fingerprint density at radius 2 is 1.97 bits per heavy atom. The van der Waals surface area contributed by atoms with E-state index in [-0.39, 0.29) is 17.9 Å². The molecule has 1 aliphatic carbocycles. The molecule has 1 N–H and O–H groups in total. The van der Waals surface area contributed by atoms with Crippen LogP contribution in [0.25, 0.3) is 0 Å². The summed E-state index contributed by atoms with van der Waals surface area (Å²) in [5.74, 6) is 0.553. The van der Waals surface area contributed by atoms with Crippen molar-refractivity contribution in [2.24, 2.45) is 0 Å². The molecule has 3 heterocycles. The van der Waals surface area contributed by atoms with E-state index in [0.717, 1.165) is 36.3 Å². The SMILES string of the molecule is COc1ccc(CCn2nc(C(=O)NC3CC3)c3c2CCN(C(=O)c2ccccn2)C3)cc1. The summed E-state index contributed by atoms with van der Waals surface area (Å²) in [7, 11) is 1.65. The maximum absolute atomic E-state index is 13.0. The van der Waals surface area contributed by atoms with E-state index >= 15 is 0 Å². The molecule has 1 fully saturated rings. The van der Waals surface area contributed by atoms with Crippen LogP contribution in [0, 0.1) is 0 Å². The molecule has 0 saturated heterocycles. The molecule has 5 rings (SSSR count). The summed E-state index contributed by atoms with van der Waals surface area (Å²) in [6, 6.07) is 13.5. The Morgan fingerprint density at radius 1 is 1.15 bits per heavy atom. The van der Waals surface area contributed by atoms with Gasteiger partial charge >= 0.3 is 0 Å². The van der Waals surface area contributed by atoms with Gasteiger partial charge in [0, 0.05) is 43.0 Å². The van der Waals surface area contributed by atoms with Crippen molar-refractivity contribution in [3.63, 3.8) is 0 Å². The number of aryl methyl sites for hydroxylation is 2. The van der Waals surface area contributed by atoms with Gasteiger partial charge in [0.25, 0.3) is 11.8 Å². The Balaban J connectivity index is 1.38. The summed E-state index contributed by atoms with van der Waals surface area (Å²) in [6.45, 7) is 1.60. The van der Waals surface area contributed by atoms with Crippen molar-refractivity contribution < 1.29 is 14.3 Å². The number of pyridine rings is 1. The van der Waals surface area contributed by atoms with E-state index in [4.69, 9.17) is 9.84 Å². The number of carbonyl (C=O) groups is 2. The number of methoxy groups -OCH3 is 1. The van der Waals surface area contributed by atoms with Crippen LogP contribution >= 0.6 is 0 Å². The molecule has 3 aromatic rings. The highest BCUT2D eigenvalue weighted by molar-refractivity contribution is 5.95. The number of ether oxygens (including phenoxy) is 1. The summed E-state index contributed by atoms with van der Waals surface area (Å²) in [6.07, 6.45) is 5.08. The number of rotatable bonds is 7. The quantitative estimate of drug-likeness (QED) is 0.604. The molecule has 2 aromatic heterocycles. The monoisotopic (exact) mass is 445 g/mol. The van der Waals surface area contributed by atoms with Crippen molar-refractivity contribution in [1.82, 2.24) is 25.0 Å². The lowest BCUT2D eigenvalue weighted by molar-refractivity contribution is 0.0724. The Hall–Kier alpha value is -3.68. The van der Waals surface area contributed by atoms with Gasteiger partial charge in [-0.2, -0.15) is 5.10 Å². The molecule has 2 aliphatic rings. The van der Waals surface area contributed by atoms with E-state index in [2.05, 4.69) is 10.3 Å². The number of aromatic nitrogens is 3. The van der Waals surface area contributed by atoms with Gasteiger partial charge in [-0.1, -0.05) is 18.2 Å². The lowest BCUT2D eigenvalue weighted by Gasteiger charge is -2.27. The van der Waals surface area contributed by atoms with E-state index in [1.165, 1.54) is 5.56 Å². The molecule has 0 spiro atoms. The third-order valence-electron chi connectivity index (χ3n) is 6.20. The Morgan fingerprint density at radius 3 is 2.67 bits per heavy atom. The first-order valence-corrected chi connectivity index (χ1v) is 11.3.